The topological polar surface area (TPSA) is 72.5 Å². The monoisotopic (exact) mass is 425 g/mol. The van der Waals surface area contributed by atoms with Gasteiger partial charge in [0.2, 0.25) is 0 Å². The minimum absolute atomic E-state index is 0.0701. The number of Topliss-reactive ketones (excluding diaryl/α,β-unsaturated/α-hetero) is 1. The zero-order chi connectivity index (χ0) is 21.3. The van der Waals surface area contributed by atoms with Crippen molar-refractivity contribution in [1.29, 1.82) is 0 Å². The van der Waals surface area contributed by atoms with Crippen LogP contribution in [0.4, 0.5) is 10.1 Å². The zero-order valence-electron chi connectivity index (χ0n) is 16.3. The van der Waals surface area contributed by atoms with Gasteiger partial charge in [-0.2, -0.15) is 0 Å². The molecule has 0 fully saturated rings. The van der Waals surface area contributed by atoms with Crippen LogP contribution in [-0.4, -0.2) is 26.0 Å². The summed E-state index contributed by atoms with van der Waals surface area (Å²) in [6.07, 6.45) is 0. The molecule has 0 spiro atoms. The van der Waals surface area contributed by atoms with Gasteiger partial charge >= 0.3 is 0 Å². The van der Waals surface area contributed by atoms with Crippen LogP contribution in [0.3, 0.4) is 0 Å². The first-order valence-electron chi connectivity index (χ1n) is 9.43. The van der Waals surface area contributed by atoms with E-state index in [4.69, 9.17) is 0 Å². The normalized spacial score (nSPS) is 12.0. The zero-order valence-corrected chi connectivity index (χ0v) is 17.1. The minimum Gasteiger partial charge on any atom is -0.755 e. The molecule has 0 amide bonds. The van der Waals surface area contributed by atoms with Gasteiger partial charge in [0, 0.05) is 35.6 Å². The molecule has 0 saturated heterocycles. The second kappa shape index (κ2) is 10.8. The molecule has 3 aromatic rings. The van der Waals surface area contributed by atoms with E-state index in [0.29, 0.717) is 13.1 Å². The fourth-order valence-corrected chi connectivity index (χ4v) is 3.57. The number of alkyl halides is 1. The van der Waals surface area contributed by atoms with Gasteiger partial charge < -0.3 is 9.27 Å². The van der Waals surface area contributed by atoms with Gasteiger partial charge in [0.15, 0.2) is 5.78 Å². The summed E-state index contributed by atoms with van der Waals surface area (Å²) < 4.78 is 37.5. The third-order valence-corrected chi connectivity index (χ3v) is 5.02. The summed E-state index contributed by atoms with van der Waals surface area (Å²) in [5.41, 5.74) is 2.76. The number of hydrogen-bond acceptors (Lipinski definition) is 4. The molecule has 1 atom stereocenters. The predicted octanol–water partition coefficient (Wildman–Crippen LogP) is 4.25. The van der Waals surface area contributed by atoms with Crippen molar-refractivity contribution in [1.82, 2.24) is 4.90 Å². The highest BCUT2D eigenvalue weighted by Gasteiger charge is 2.17. The molecular weight excluding hydrogens is 403 g/mol. The molecule has 0 bridgehead atoms. The smallest absolute Gasteiger partial charge is 0.177 e. The Labute approximate surface area is 178 Å². The van der Waals surface area contributed by atoms with Crippen LogP contribution in [0.25, 0.3) is 0 Å². The molecule has 0 heterocycles. The van der Waals surface area contributed by atoms with Crippen LogP contribution in [0.5, 0.6) is 0 Å². The Morgan fingerprint density at radius 1 is 0.933 bits per heavy atom. The summed E-state index contributed by atoms with van der Waals surface area (Å²) >= 11 is -2.53. The SMILES string of the molecule is O=C(CN(Cc1ccccc1)Cc1ccccc1)c1cc(NS(=O)[O-])ccc1CF. The number of carbonyl (C=O) groups excluding carboxylic acids is 1. The van der Waals surface area contributed by atoms with Crippen LogP contribution in [0.1, 0.15) is 27.0 Å². The van der Waals surface area contributed by atoms with Crippen LogP contribution in [0, 0.1) is 0 Å². The Hall–Kier alpha value is -2.87. The van der Waals surface area contributed by atoms with Crippen molar-refractivity contribution in [3.8, 4) is 0 Å². The first-order valence-corrected chi connectivity index (χ1v) is 10.5. The van der Waals surface area contributed by atoms with E-state index >= 15 is 0 Å². The maximum Gasteiger partial charge on any atom is 0.177 e. The van der Waals surface area contributed by atoms with Crippen molar-refractivity contribution in [2.24, 2.45) is 0 Å². The first kappa shape index (κ1) is 21.8. The second-order valence-corrected chi connectivity index (χ2v) is 7.56. The average Bonchev–Trinajstić information content (AvgIpc) is 2.74. The number of rotatable bonds is 10. The maximum atomic E-state index is 13.5. The van der Waals surface area contributed by atoms with Crippen LogP contribution >= 0.6 is 0 Å². The van der Waals surface area contributed by atoms with Gasteiger partial charge in [-0.1, -0.05) is 66.7 Å². The third kappa shape index (κ3) is 6.32. The fraction of sp³-hybridized carbons (Fsp3) is 0.174. The molecule has 156 valence electrons. The van der Waals surface area contributed by atoms with Gasteiger partial charge in [-0.25, -0.2) is 4.39 Å². The predicted molar refractivity (Wildman–Crippen MR) is 115 cm³/mol. The van der Waals surface area contributed by atoms with Gasteiger partial charge in [0.1, 0.15) is 6.67 Å². The van der Waals surface area contributed by atoms with Gasteiger partial charge in [0.25, 0.3) is 0 Å². The van der Waals surface area contributed by atoms with Crippen LogP contribution in [-0.2, 0) is 31.0 Å². The summed E-state index contributed by atoms with van der Waals surface area (Å²) in [6, 6.07) is 23.8. The van der Waals surface area contributed by atoms with Gasteiger partial charge in [-0.15, -0.1) is 0 Å². The second-order valence-electron chi connectivity index (χ2n) is 6.88. The lowest BCUT2D eigenvalue weighted by Crippen LogP contribution is -2.29. The Kier molecular flexibility index (Phi) is 7.84. The lowest BCUT2D eigenvalue weighted by molar-refractivity contribution is 0.0918. The molecule has 1 N–H and O–H groups in total. The Morgan fingerprint density at radius 3 is 2.00 bits per heavy atom. The number of hydrogen-bond donors (Lipinski definition) is 1. The van der Waals surface area contributed by atoms with Crippen LogP contribution in [0.2, 0.25) is 0 Å². The van der Waals surface area contributed by atoms with E-state index in [9.17, 15) is 17.9 Å². The number of halogens is 1. The van der Waals surface area contributed by atoms with E-state index in [2.05, 4.69) is 4.72 Å². The third-order valence-electron chi connectivity index (χ3n) is 4.62. The van der Waals surface area contributed by atoms with Crippen molar-refractivity contribution in [3.05, 3.63) is 101 Å². The highest BCUT2D eigenvalue weighted by molar-refractivity contribution is 7.80. The molecule has 0 aliphatic rings. The highest BCUT2D eigenvalue weighted by Crippen LogP contribution is 2.20. The van der Waals surface area contributed by atoms with Gasteiger partial charge in [0.05, 0.1) is 6.54 Å². The molecule has 0 aromatic heterocycles. The van der Waals surface area contributed by atoms with E-state index in [0.717, 1.165) is 11.1 Å². The summed E-state index contributed by atoms with van der Waals surface area (Å²) in [5, 5.41) is 0. The van der Waals surface area contributed by atoms with E-state index in [1.54, 1.807) is 0 Å². The number of benzene rings is 3. The standard InChI is InChI=1S/C23H23FN2O3S/c24-14-20-11-12-21(25-30(28)29)13-22(20)23(27)17-26(15-18-7-3-1-4-8-18)16-19-9-5-2-6-10-19/h1-13,25H,14-17H2,(H,28,29)/p-1. The van der Waals surface area contributed by atoms with Gasteiger partial charge in [-0.05, 0) is 28.8 Å². The van der Waals surface area contributed by atoms with Crippen molar-refractivity contribution in [3.63, 3.8) is 0 Å². The Bertz CT molecular complexity index is 958. The lowest BCUT2D eigenvalue weighted by atomic mass is 10.0. The molecule has 0 aliphatic carbocycles. The van der Waals surface area contributed by atoms with Crippen LogP contribution < -0.4 is 4.72 Å². The Balaban J connectivity index is 1.83. The number of ketones is 1. The highest BCUT2D eigenvalue weighted by atomic mass is 32.2. The molecule has 3 aromatic carbocycles. The molecule has 1 unspecified atom stereocenters. The number of anilines is 1. The summed E-state index contributed by atoms with van der Waals surface area (Å²) in [6.45, 7) is 0.365. The molecule has 3 rings (SSSR count). The van der Waals surface area contributed by atoms with Crippen molar-refractivity contribution < 1.29 is 17.9 Å². The molecule has 30 heavy (non-hydrogen) atoms. The van der Waals surface area contributed by atoms with Crippen LogP contribution in [0.15, 0.2) is 78.9 Å². The average molecular weight is 426 g/mol. The van der Waals surface area contributed by atoms with E-state index in [1.807, 2.05) is 65.6 Å². The van der Waals surface area contributed by atoms with Gasteiger partial charge in [-0.3, -0.25) is 13.9 Å². The summed E-state index contributed by atoms with van der Waals surface area (Å²) in [5.74, 6) is -0.269. The number of carbonyl (C=O) groups is 1. The lowest BCUT2D eigenvalue weighted by Gasteiger charge is -2.23. The Morgan fingerprint density at radius 2 is 1.50 bits per heavy atom. The van der Waals surface area contributed by atoms with E-state index in [1.165, 1.54) is 18.2 Å². The minimum atomic E-state index is -2.53. The molecule has 0 saturated carbocycles. The first-order chi connectivity index (χ1) is 14.5. The molecule has 7 heteroatoms. The fourth-order valence-electron chi connectivity index (χ4n) is 3.25. The van der Waals surface area contributed by atoms with E-state index < -0.39 is 17.9 Å². The summed E-state index contributed by atoms with van der Waals surface area (Å²) in [7, 11) is 0. The maximum absolute atomic E-state index is 13.5. The molecule has 0 aliphatic heterocycles. The van der Waals surface area contributed by atoms with Crippen molar-refractivity contribution in [2.75, 3.05) is 11.3 Å². The molecular formula is C23H22FN2O3S-. The van der Waals surface area contributed by atoms with Crippen molar-refractivity contribution >= 4 is 22.7 Å². The molecule has 0 radical (unpaired) electrons. The number of nitrogens with one attached hydrogen (secondary N) is 1. The quantitative estimate of drug-likeness (QED) is 0.389. The van der Waals surface area contributed by atoms with E-state index in [-0.39, 0.29) is 29.1 Å². The summed E-state index contributed by atoms with van der Waals surface area (Å²) in [4.78, 5) is 15.1. The largest absolute Gasteiger partial charge is 0.755 e. The molecule has 5 nitrogen and oxygen atoms in total. The number of nitrogens with zero attached hydrogens (tertiary/aromatic N) is 1. The van der Waals surface area contributed by atoms with Crippen molar-refractivity contribution in [2.45, 2.75) is 19.8 Å².